The van der Waals surface area contributed by atoms with Gasteiger partial charge in [0.05, 0.1) is 32.4 Å². The lowest BCUT2D eigenvalue weighted by Crippen LogP contribution is -2.30. The smallest absolute Gasteiger partial charge is 0.217 e. The number of hydrogen-bond acceptors (Lipinski definition) is 6. The van der Waals surface area contributed by atoms with Crippen molar-refractivity contribution in [2.45, 2.75) is 52.5 Å². The number of Topliss-reactive ketones (excluding diaryl/α,β-unsaturated/α-hetero) is 1. The number of fused-ring (bicyclic) bond motifs is 1. The minimum atomic E-state index is -0.540. The number of methoxy groups -OCH3 is 1. The van der Waals surface area contributed by atoms with Crippen molar-refractivity contribution in [1.29, 1.82) is 5.41 Å². The van der Waals surface area contributed by atoms with Crippen LogP contribution in [-0.4, -0.2) is 49.3 Å². The van der Waals surface area contributed by atoms with Crippen LogP contribution in [0.25, 0.3) is 0 Å². The average molecular weight is 500 g/mol. The number of carbonyl (C=O) groups is 2. The third kappa shape index (κ3) is 5.95. The van der Waals surface area contributed by atoms with Crippen LogP contribution in [0.3, 0.4) is 0 Å². The molecule has 1 aliphatic rings. The third-order valence-corrected chi connectivity index (χ3v) is 5.92. The highest BCUT2D eigenvalue weighted by Gasteiger charge is 2.31. The van der Waals surface area contributed by atoms with Gasteiger partial charge >= 0.3 is 0 Å². The fourth-order valence-electron chi connectivity index (χ4n) is 4.18. The van der Waals surface area contributed by atoms with E-state index in [2.05, 4.69) is 0 Å². The molecule has 0 radical (unpaired) electrons. The van der Waals surface area contributed by atoms with Gasteiger partial charge in [0.25, 0.3) is 0 Å². The van der Waals surface area contributed by atoms with Crippen molar-refractivity contribution < 1.29 is 28.2 Å². The Labute approximate surface area is 211 Å². The summed E-state index contributed by atoms with van der Waals surface area (Å²) in [6.45, 7) is 8.58. The molecule has 3 rings (SSSR count). The van der Waals surface area contributed by atoms with E-state index < -0.39 is 11.7 Å². The number of nitrogens with zero attached hydrogens (tertiary/aromatic N) is 1. The zero-order valence-electron chi connectivity index (χ0n) is 21.5. The number of primary amides is 1. The number of ether oxygens (including phenoxy) is 3. The van der Waals surface area contributed by atoms with Crippen molar-refractivity contribution in [1.82, 2.24) is 4.90 Å². The number of hydrogen-bond donors (Lipinski definition) is 2. The minimum absolute atomic E-state index is 0.0358. The number of amides is 1. The second-order valence-electron chi connectivity index (χ2n) is 9.72. The lowest BCUT2D eigenvalue weighted by molar-refractivity contribution is -0.118. The van der Waals surface area contributed by atoms with Crippen LogP contribution in [0, 0.1) is 11.2 Å². The maximum Gasteiger partial charge on any atom is 0.217 e. The third-order valence-electron chi connectivity index (χ3n) is 5.92. The number of benzene rings is 2. The Morgan fingerprint density at radius 1 is 1.17 bits per heavy atom. The summed E-state index contributed by atoms with van der Waals surface area (Å²) in [4.78, 5) is 26.0. The summed E-state index contributed by atoms with van der Waals surface area (Å²) < 4.78 is 31.6. The van der Waals surface area contributed by atoms with E-state index in [4.69, 9.17) is 25.4 Å². The molecule has 0 aromatic heterocycles. The van der Waals surface area contributed by atoms with Crippen LogP contribution in [0.2, 0.25) is 0 Å². The Hall–Kier alpha value is -3.62. The maximum absolute atomic E-state index is 14.7. The van der Waals surface area contributed by atoms with Crippen LogP contribution in [0.15, 0.2) is 24.3 Å². The molecular weight excluding hydrogens is 465 g/mol. The number of amidine groups is 1. The van der Waals surface area contributed by atoms with Gasteiger partial charge < -0.3 is 24.8 Å². The van der Waals surface area contributed by atoms with E-state index in [0.717, 1.165) is 5.56 Å². The van der Waals surface area contributed by atoms with E-state index in [1.807, 2.05) is 27.7 Å². The zero-order chi connectivity index (χ0) is 26.6. The highest BCUT2D eigenvalue weighted by atomic mass is 19.1. The second-order valence-corrected chi connectivity index (χ2v) is 9.72. The summed E-state index contributed by atoms with van der Waals surface area (Å²) in [5, 5.41) is 8.46. The molecule has 1 heterocycles. The molecule has 9 heteroatoms. The van der Waals surface area contributed by atoms with Gasteiger partial charge in [-0.1, -0.05) is 20.8 Å². The Balaban J connectivity index is 1.87. The molecular formula is C27H34FN3O5. The second kappa shape index (κ2) is 11.0. The van der Waals surface area contributed by atoms with Gasteiger partial charge in [-0.2, -0.15) is 0 Å². The summed E-state index contributed by atoms with van der Waals surface area (Å²) in [6.07, 6.45) is 0.617. The molecule has 194 valence electrons. The van der Waals surface area contributed by atoms with Crippen LogP contribution >= 0.6 is 0 Å². The van der Waals surface area contributed by atoms with Crippen LogP contribution in [0.1, 0.15) is 67.6 Å². The summed E-state index contributed by atoms with van der Waals surface area (Å²) in [5.74, 6) is 0.0815. The highest BCUT2D eigenvalue weighted by molar-refractivity contribution is 6.05. The average Bonchev–Trinajstić information content (AvgIpc) is 3.10. The minimum Gasteiger partial charge on any atom is -0.494 e. The zero-order valence-corrected chi connectivity index (χ0v) is 21.5. The molecule has 0 fully saturated rings. The van der Waals surface area contributed by atoms with Gasteiger partial charge in [-0.15, -0.1) is 0 Å². The fourth-order valence-corrected chi connectivity index (χ4v) is 4.18. The number of nitrogens with two attached hydrogens (primary N) is 1. The predicted molar refractivity (Wildman–Crippen MR) is 135 cm³/mol. The van der Waals surface area contributed by atoms with E-state index in [9.17, 15) is 14.0 Å². The predicted octanol–water partition coefficient (Wildman–Crippen LogP) is 4.20. The van der Waals surface area contributed by atoms with Crippen LogP contribution in [0.5, 0.6) is 17.2 Å². The molecule has 2 aromatic rings. The number of ketones is 1. The summed E-state index contributed by atoms with van der Waals surface area (Å²) in [6, 6.07) is 6.37. The Bertz CT molecular complexity index is 1170. The molecule has 0 saturated heterocycles. The molecule has 0 bridgehead atoms. The van der Waals surface area contributed by atoms with Gasteiger partial charge in [-0.05, 0) is 42.5 Å². The molecule has 0 saturated carbocycles. The van der Waals surface area contributed by atoms with Crippen molar-refractivity contribution in [2.24, 2.45) is 5.73 Å². The van der Waals surface area contributed by atoms with Crippen molar-refractivity contribution >= 4 is 17.5 Å². The normalized spacial score (nSPS) is 12.9. The maximum atomic E-state index is 14.7. The largest absolute Gasteiger partial charge is 0.494 e. The quantitative estimate of drug-likeness (QED) is 0.354. The standard InChI is InChI=1S/C27H34FN3O5/c1-6-35-18-10-17-14-31(26(30)24(17)20(28)13-18)15-21(32)16-11-19(27(2,3)4)25(34-5)22(12-16)36-9-7-8-23(29)33/h10-13,30H,6-9,14-15H2,1-5H3,(H2,29,33). The van der Waals surface area contributed by atoms with Gasteiger partial charge in [0.1, 0.15) is 17.4 Å². The first-order valence-electron chi connectivity index (χ1n) is 11.9. The first kappa shape index (κ1) is 27.0. The molecule has 8 nitrogen and oxygen atoms in total. The van der Waals surface area contributed by atoms with E-state index >= 15 is 0 Å². The summed E-state index contributed by atoms with van der Waals surface area (Å²) in [7, 11) is 1.54. The topological polar surface area (TPSA) is 115 Å². The fraction of sp³-hybridized carbons (Fsp3) is 0.444. The lowest BCUT2D eigenvalue weighted by atomic mass is 9.84. The van der Waals surface area contributed by atoms with E-state index in [-0.39, 0.29) is 48.7 Å². The molecule has 36 heavy (non-hydrogen) atoms. The van der Waals surface area contributed by atoms with Crippen LogP contribution < -0.4 is 19.9 Å². The van der Waals surface area contributed by atoms with E-state index in [0.29, 0.717) is 41.4 Å². The number of rotatable bonds is 11. The number of carbonyl (C=O) groups excluding carboxylic acids is 2. The van der Waals surface area contributed by atoms with Crippen molar-refractivity contribution in [3.8, 4) is 17.2 Å². The molecule has 0 aliphatic carbocycles. The van der Waals surface area contributed by atoms with Crippen LogP contribution in [-0.2, 0) is 16.8 Å². The van der Waals surface area contributed by atoms with Gasteiger partial charge in [-0.3, -0.25) is 15.0 Å². The molecule has 0 spiro atoms. The molecule has 3 N–H and O–H groups in total. The van der Waals surface area contributed by atoms with Crippen LogP contribution in [0.4, 0.5) is 4.39 Å². The van der Waals surface area contributed by atoms with Crippen molar-refractivity contribution in [3.63, 3.8) is 0 Å². The Morgan fingerprint density at radius 3 is 2.50 bits per heavy atom. The monoisotopic (exact) mass is 499 g/mol. The van der Waals surface area contributed by atoms with E-state index in [1.54, 1.807) is 23.1 Å². The van der Waals surface area contributed by atoms with Gasteiger partial charge in [0, 0.05) is 30.2 Å². The number of halogens is 1. The summed E-state index contributed by atoms with van der Waals surface area (Å²) in [5.41, 5.74) is 6.83. The molecule has 1 amide bonds. The first-order chi connectivity index (χ1) is 17.0. The van der Waals surface area contributed by atoms with Crippen molar-refractivity contribution in [2.75, 3.05) is 26.9 Å². The van der Waals surface area contributed by atoms with Gasteiger partial charge in [0.15, 0.2) is 17.3 Å². The van der Waals surface area contributed by atoms with Gasteiger partial charge in [-0.25, -0.2) is 4.39 Å². The Morgan fingerprint density at radius 2 is 1.89 bits per heavy atom. The van der Waals surface area contributed by atoms with Gasteiger partial charge in [0.2, 0.25) is 5.91 Å². The molecule has 2 aromatic carbocycles. The molecule has 0 unspecified atom stereocenters. The first-order valence-corrected chi connectivity index (χ1v) is 11.9. The SMILES string of the molecule is CCOc1cc(F)c2c(c1)CN(CC(=O)c1cc(OCCCC(N)=O)c(OC)c(C(C)(C)C)c1)C2=N. The Kier molecular flexibility index (Phi) is 8.22. The summed E-state index contributed by atoms with van der Waals surface area (Å²) >= 11 is 0. The highest BCUT2D eigenvalue weighted by Crippen LogP contribution is 2.40. The number of nitrogens with one attached hydrogen (secondary N) is 1. The van der Waals surface area contributed by atoms with Crippen molar-refractivity contribution in [3.05, 3.63) is 52.3 Å². The molecule has 1 aliphatic heterocycles. The van der Waals surface area contributed by atoms with E-state index in [1.165, 1.54) is 13.2 Å². The molecule has 0 atom stereocenters. The lowest BCUT2D eigenvalue weighted by Gasteiger charge is -2.25.